The summed E-state index contributed by atoms with van der Waals surface area (Å²) in [6.07, 6.45) is 1.46. The highest BCUT2D eigenvalue weighted by atomic mass is 32.1. The number of amides is 1. The first-order chi connectivity index (χ1) is 8.63. The van der Waals surface area contributed by atoms with E-state index in [4.69, 9.17) is 4.74 Å². The highest BCUT2D eigenvalue weighted by Crippen LogP contribution is 2.24. The first kappa shape index (κ1) is 14.3. The van der Waals surface area contributed by atoms with E-state index >= 15 is 0 Å². The lowest BCUT2D eigenvalue weighted by atomic mass is 10.4. The van der Waals surface area contributed by atoms with E-state index in [1.807, 2.05) is 0 Å². The number of methoxy groups -OCH3 is 1. The predicted molar refractivity (Wildman–Crippen MR) is 66.8 cm³/mol. The van der Waals surface area contributed by atoms with E-state index < -0.39 is 4.92 Å². The minimum absolute atomic E-state index is 0.0259. The normalized spacial score (nSPS) is 10.1. The van der Waals surface area contributed by atoms with Crippen molar-refractivity contribution in [1.29, 1.82) is 0 Å². The molecule has 0 fully saturated rings. The molecule has 0 atom stereocenters. The average molecular weight is 274 g/mol. The summed E-state index contributed by atoms with van der Waals surface area (Å²) in [5, 5.41) is 16.3. The van der Waals surface area contributed by atoms with Gasteiger partial charge in [0.25, 0.3) is 0 Å². The number of nitro groups is 1. The molecule has 0 aliphatic heterocycles. The number of anilines is 1. The van der Waals surface area contributed by atoms with E-state index in [0.717, 1.165) is 11.3 Å². The number of ether oxygens (including phenoxy) is 1. The molecule has 1 aromatic heterocycles. The lowest BCUT2D eigenvalue weighted by Gasteiger charge is -2.04. The average Bonchev–Trinajstić information content (AvgIpc) is 2.78. The summed E-state index contributed by atoms with van der Waals surface area (Å²) in [6.45, 7) is 1.32. The quantitative estimate of drug-likeness (QED) is 0.409. The Balaban J connectivity index is 2.20. The fourth-order valence-corrected chi connectivity index (χ4v) is 1.75. The molecular weight excluding hydrogens is 260 g/mol. The van der Waals surface area contributed by atoms with Crippen molar-refractivity contribution >= 4 is 27.4 Å². The molecule has 1 rings (SSSR count). The van der Waals surface area contributed by atoms with E-state index in [9.17, 15) is 14.9 Å². The number of nitrogens with one attached hydrogen (secondary N) is 2. The maximum absolute atomic E-state index is 11.3. The Kier molecular flexibility index (Phi) is 6.01. The van der Waals surface area contributed by atoms with Gasteiger partial charge >= 0.3 is 5.00 Å². The molecule has 0 aliphatic rings. The van der Waals surface area contributed by atoms with Gasteiger partial charge in [-0.1, -0.05) is 0 Å². The molecule has 0 bridgehead atoms. The molecule has 0 saturated carbocycles. The SMILES string of the molecule is COCCNC(=O)CCNc1ncc([N+](=O)[O-])s1. The Bertz CT molecular complexity index is 409. The fraction of sp³-hybridized carbons (Fsp3) is 0.556. The van der Waals surface area contributed by atoms with Gasteiger partial charge < -0.3 is 15.4 Å². The maximum atomic E-state index is 11.3. The van der Waals surface area contributed by atoms with Crippen LogP contribution >= 0.6 is 11.3 Å². The van der Waals surface area contributed by atoms with Gasteiger partial charge in [0.05, 0.1) is 11.5 Å². The number of carbonyl (C=O) groups is 1. The Morgan fingerprint density at radius 2 is 2.39 bits per heavy atom. The molecule has 8 nitrogen and oxygen atoms in total. The van der Waals surface area contributed by atoms with Gasteiger partial charge in [-0.15, -0.1) is 0 Å². The molecule has 1 amide bonds. The van der Waals surface area contributed by atoms with Gasteiger partial charge in [-0.2, -0.15) is 0 Å². The van der Waals surface area contributed by atoms with Crippen LogP contribution in [-0.2, 0) is 9.53 Å². The zero-order valence-electron chi connectivity index (χ0n) is 9.84. The summed E-state index contributed by atoms with van der Waals surface area (Å²) in [5.74, 6) is -0.106. The van der Waals surface area contributed by atoms with Crippen molar-refractivity contribution in [2.75, 3.05) is 32.1 Å². The second-order valence-electron chi connectivity index (χ2n) is 3.28. The maximum Gasteiger partial charge on any atom is 0.345 e. The molecule has 0 aliphatic carbocycles. The molecule has 1 aromatic rings. The lowest BCUT2D eigenvalue weighted by Crippen LogP contribution is -2.28. The molecule has 2 N–H and O–H groups in total. The number of nitrogens with zero attached hydrogens (tertiary/aromatic N) is 2. The van der Waals surface area contributed by atoms with Crippen molar-refractivity contribution in [3.63, 3.8) is 0 Å². The van der Waals surface area contributed by atoms with Gasteiger partial charge in [-0.05, 0) is 11.3 Å². The van der Waals surface area contributed by atoms with Crippen LogP contribution in [0, 0.1) is 10.1 Å². The van der Waals surface area contributed by atoms with Crippen molar-refractivity contribution in [3.8, 4) is 0 Å². The molecule has 0 radical (unpaired) electrons. The van der Waals surface area contributed by atoms with Crippen molar-refractivity contribution in [3.05, 3.63) is 16.3 Å². The van der Waals surface area contributed by atoms with Crippen LogP contribution in [0.2, 0.25) is 0 Å². The minimum atomic E-state index is -0.500. The van der Waals surface area contributed by atoms with Crippen LogP contribution in [-0.4, -0.2) is 42.6 Å². The van der Waals surface area contributed by atoms with Crippen LogP contribution < -0.4 is 10.6 Å². The van der Waals surface area contributed by atoms with Crippen molar-refractivity contribution < 1.29 is 14.5 Å². The number of thiazole rings is 1. The minimum Gasteiger partial charge on any atom is -0.383 e. The van der Waals surface area contributed by atoms with E-state index in [-0.39, 0.29) is 17.3 Å². The van der Waals surface area contributed by atoms with Crippen LogP contribution in [0.4, 0.5) is 10.1 Å². The third kappa shape index (κ3) is 5.06. The van der Waals surface area contributed by atoms with E-state index in [1.165, 1.54) is 6.20 Å². The van der Waals surface area contributed by atoms with Gasteiger partial charge in [0.2, 0.25) is 5.91 Å². The van der Waals surface area contributed by atoms with Gasteiger partial charge in [0.15, 0.2) is 5.13 Å². The summed E-state index contributed by atoms with van der Waals surface area (Å²) < 4.78 is 4.79. The van der Waals surface area contributed by atoms with Crippen LogP contribution in [0.25, 0.3) is 0 Å². The van der Waals surface area contributed by atoms with Gasteiger partial charge in [-0.25, -0.2) is 4.98 Å². The number of rotatable bonds is 8. The van der Waals surface area contributed by atoms with E-state index in [0.29, 0.717) is 24.8 Å². The number of hydrogen-bond acceptors (Lipinski definition) is 7. The van der Waals surface area contributed by atoms with Gasteiger partial charge in [0, 0.05) is 26.6 Å². The molecule has 9 heteroatoms. The van der Waals surface area contributed by atoms with E-state index in [1.54, 1.807) is 7.11 Å². The first-order valence-corrected chi connectivity index (χ1v) is 6.05. The number of aromatic nitrogens is 1. The van der Waals surface area contributed by atoms with Gasteiger partial charge in [0.1, 0.15) is 6.20 Å². The van der Waals surface area contributed by atoms with Crippen LogP contribution in [0.3, 0.4) is 0 Å². The van der Waals surface area contributed by atoms with Crippen LogP contribution in [0.15, 0.2) is 6.20 Å². The van der Waals surface area contributed by atoms with Gasteiger partial charge in [-0.3, -0.25) is 14.9 Å². The summed E-state index contributed by atoms with van der Waals surface area (Å²) in [4.78, 5) is 25.0. The summed E-state index contributed by atoms with van der Waals surface area (Å²) in [7, 11) is 1.56. The smallest absolute Gasteiger partial charge is 0.345 e. The highest BCUT2D eigenvalue weighted by molar-refractivity contribution is 7.18. The van der Waals surface area contributed by atoms with Crippen LogP contribution in [0.1, 0.15) is 6.42 Å². The first-order valence-electron chi connectivity index (χ1n) is 5.23. The third-order valence-electron chi connectivity index (χ3n) is 1.93. The largest absolute Gasteiger partial charge is 0.383 e. The van der Waals surface area contributed by atoms with Crippen molar-refractivity contribution in [2.45, 2.75) is 6.42 Å². The highest BCUT2D eigenvalue weighted by Gasteiger charge is 2.11. The molecule has 0 saturated heterocycles. The van der Waals surface area contributed by atoms with Crippen molar-refractivity contribution in [1.82, 2.24) is 10.3 Å². The predicted octanol–water partition coefficient (Wildman–Crippen LogP) is 0.616. The zero-order chi connectivity index (χ0) is 13.4. The third-order valence-corrected chi connectivity index (χ3v) is 2.84. The molecule has 18 heavy (non-hydrogen) atoms. The Hall–Kier alpha value is -1.74. The zero-order valence-corrected chi connectivity index (χ0v) is 10.7. The lowest BCUT2D eigenvalue weighted by molar-refractivity contribution is -0.380. The molecule has 0 spiro atoms. The van der Waals surface area contributed by atoms with E-state index in [2.05, 4.69) is 15.6 Å². The molecule has 1 heterocycles. The second kappa shape index (κ2) is 7.56. The second-order valence-corrected chi connectivity index (χ2v) is 4.29. The molecule has 0 aromatic carbocycles. The Morgan fingerprint density at radius 3 is 3.00 bits per heavy atom. The summed E-state index contributed by atoms with van der Waals surface area (Å²) in [5.41, 5.74) is 0. The fourth-order valence-electron chi connectivity index (χ4n) is 1.10. The number of carbonyl (C=O) groups excluding carboxylic acids is 1. The molecule has 0 unspecified atom stereocenters. The molecule has 100 valence electrons. The number of hydrogen-bond donors (Lipinski definition) is 2. The topological polar surface area (TPSA) is 106 Å². The van der Waals surface area contributed by atoms with Crippen molar-refractivity contribution in [2.24, 2.45) is 0 Å². The summed E-state index contributed by atoms with van der Waals surface area (Å²) >= 11 is 0.941. The Morgan fingerprint density at radius 1 is 1.61 bits per heavy atom. The Labute approximate surface area is 108 Å². The molecular formula is C9H14N4O4S. The summed E-state index contributed by atoms with van der Waals surface area (Å²) in [6, 6.07) is 0. The van der Waals surface area contributed by atoms with Crippen LogP contribution in [0.5, 0.6) is 0 Å². The standard InChI is InChI=1S/C9H14N4O4S/c1-17-5-4-10-7(14)2-3-11-9-12-6-8(18-9)13(15)16/h6H,2-5H2,1H3,(H,10,14)(H,11,12). The monoisotopic (exact) mass is 274 g/mol.